The molecule has 0 bridgehead atoms. The van der Waals surface area contributed by atoms with Crippen molar-refractivity contribution in [3.8, 4) is 0 Å². The van der Waals surface area contributed by atoms with Crippen LogP contribution in [-0.4, -0.2) is 62.9 Å². The van der Waals surface area contributed by atoms with Crippen LogP contribution in [0.2, 0.25) is 0 Å². The molecule has 1 fully saturated rings. The number of morpholine rings is 1. The molecule has 7 heteroatoms. The third kappa shape index (κ3) is 10.3. The first-order valence-corrected chi connectivity index (χ1v) is 7.04. The second kappa shape index (κ2) is 12.6. The summed E-state index contributed by atoms with van der Waals surface area (Å²) in [6, 6.07) is 0. The van der Waals surface area contributed by atoms with E-state index in [4.69, 9.17) is 14.2 Å². The monoisotopic (exact) mass is 321 g/mol. The van der Waals surface area contributed by atoms with Crippen LogP contribution in [0.3, 0.4) is 0 Å². The Labute approximate surface area is 131 Å². The molecule has 0 amide bonds. The molecule has 0 N–H and O–H groups in total. The zero-order valence-electron chi connectivity index (χ0n) is 12.4. The number of carbonyl (C=O) groups is 2. The standard InChI is InChI=1S/C14H23NO5.ClH/c1-2-3-9-19-13(16)4-5-14(17)20-12-8-15-6-10-18-11-7-15;/h4-5H,2-3,6-12H2,1H3;1H/b5-4+;. The van der Waals surface area contributed by atoms with Crippen LogP contribution in [-0.2, 0) is 23.8 Å². The molecule has 0 unspecified atom stereocenters. The first-order valence-electron chi connectivity index (χ1n) is 7.04. The summed E-state index contributed by atoms with van der Waals surface area (Å²) in [6.45, 7) is 6.54. The van der Waals surface area contributed by atoms with Gasteiger partial charge in [-0.25, -0.2) is 9.59 Å². The molecule has 122 valence electrons. The summed E-state index contributed by atoms with van der Waals surface area (Å²) in [5.74, 6) is -1.03. The predicted octanol–water partition coefficient (Wildman–Crippen LogP) is 1.18. The van der Waals surface area contributed by atoms with E-state index in [1.807, 2.05) is 6.92 Å². The topological polar surface area (TPSA) is 65.1 Å². The third-order valence-electron chi connectivity index (χ3n) is 2.85. The molecule has 6 nitrogen and oxygen atoms in total. The van der Waals surface area contributed by atoms with Crippen molar-refractivity contribution in [1.82, 2.24) is 4.90 Å². The average Bonchev–Trinajstić information content (AvgIpc) is 2.46. The highest BCUT2D eigenvalue weighted by Crippen LogP contribution is 1.96. The van der Waals surface area contributed by atoms with Crippen molar-refractivity contribution in [3.05, 3.63) is 12.2 Å². The lowest BCUT2D eigenvalue weighted by Crippen LogP contribution is -2.38. The molecule has 0 saturated carbocycles. The predicted molar refractivity (Wildman–Crippen MR) is 80.5 cm³/mol. The van der Waals surface area contributed by atoms with Gasteiger partial charge in [-0.1, -0.05) is 13.3 Å². The van der Waals surface area contributed by atoms with Crippen LogP contribution in [0.4, 0.5) is 0 Å². The minimum Gasteiger partial charge on any atom is -0.463 e. The van der Waals surface area contributed by atoms with Gasteiger partial charge in [-0.3, -0.25) is 4.90 Å². The number of hydrogen-bond acceptors (Lipinski definition) is 6. The normalized spacial score (nSPS) is 15.5. The zero-order valence-corrected chi connectivity index (χ0v) is 13.2. The molecule has 0 radical (unpaired) electrons. The van der Waals surface area contributed by atoms with Crippen LogP contribution in [0.15, 0.2) is 12.2 Å². The Morgan fingerprint density at radius 3 is 2.24 bits per heavy atom. The molecule has 1 aliphatic heterocycles. The van der Waals surface area contributed by atoms with Gasteiger partial charge >= 0.3 is 11.9 Å². The number of rotatable bonds is 8. The quantitative estimate of drug-likeness (QED) is 0.380. The maximum atomic E-state index is 11.4. The SMILES string of the molecule is CCCCOC(=O)/C=C/C(=O)OCCN1CCOCC1.Cl. The number of esters is 2. The Hall–Kier alpha value is -1.11. The summed E-state index contributed by atoms with van der Waals surface area (Å²) in [6.07, 6.45) is 3.99. The van der Waals surface area contributed by atoms with Crippen LogP contribution >= 0.6 is 12.4 Å². The highest BCUT2D eigenvalue weighted by atomic mass is 35.5. The zero-order chi connectivity index (χ0) is 14.6. The van der Waals surface area contributed by atoms with Crippen LogP contribution < -0.4 is 0 Å². The minimum absolute atomic E-state index is 0. The number of unbranched alkanes of at least 4 members (excludes halogenated alkanes) is 1. The highest BCUT2D eigenvalue weighted by molar-refractivity contribution is 5.91. The van der Waals surface area contributed by atoms with Gasteiger partial charge in [0.15, 0.2) is 0 Å². The Balaban J connectivity index is 0.00000400. The Bertz CT molecular complexity index is 329. The van der Waals surface area contributed by atoms with E-state index < -0.39 is 11.9 Å². The molecular formula is C14H24ClNO5. The van der Waals surface area contributed by atoms with E-state index in [-0.39, 0.29) is 12.4 Å². The second-order valence-electron chi connectivity index (χ2n) is 4.48. The highest BCUT2D eigenvalue weighted by Gasteiger charge is 2.10. The number of halogens is 1. The van der Waals surface area contributed by atoms with E-state index in [2.05, 4.69) is 4.90 Å². The molecule has 1 heterocycles. The van der Waals surface area contributed by atoms with Crippen molar-refractivity contribution in [2.75, 3.05) is 46.1 Å². The fourth-order valence-corrected chi connectivity index (χ4v) is 1.65. The summed E-state index contributed by atoms with van der Waals surface area (Å²) in [5.41, 5.74) is 0. The lowest BCUT2D eigenvalue weighted by Gasteiger charge is -2.25. The Morgan fingerprint density at radius 1 is 1.10 bits per heavy atom. The number of carbonyl (C=O) groups excluding carboxylic acids is 2. The van der Waals surface area contributed by atoms with Gasteiger partial charge in [0.2, 0.25) is 0 Å². The fraction of sp³-hybridized carbons (Fsp3) is 0.714. The largest absolute Gasteiger partial charge is 0.463 e. The molecule has 0 spiro atoms. The van der Waals surface area contributed by atoms with Crippen LogP contribution in [0.5, 0.6) is 0 Å². The second-order valence-corrected chi connectivity index (χ2v) is 4.48. The van der Waals surface area contributed by atoms with Gasteiger partial charge in [-0.2, -0.15) is 0 Å². The van der Waals surface area contributed by atoms with E-state index in [0.717, 1.165) is 51.3 Å². The van der Waals surface area contributed by atoms with Gasteiger partial charge < -0.3 is 14.2 Å². The van der Waals surface area contributed by atoms with Crippen LogP contribution in [0.25, 0.3) is 0 Å². The van der Waals surface area contributed by atoms with Gasteiger partial charge in [0.25, 0.3) is 0 Å². The summed E-state index contributed by atoms with van der Waals surface area (Å²) < 4.78 is 15.1. The minimum atomic E-state index is -0.522. The van der Waals surface area contributed by atoms with Gasteiger partial charge in [-0.05, 0) is 6.42 Å². The van der Waals surface area contributed by atoms with E-state index in [1.54, 1.807) is 0 Å². The van der Waals surface area contributed by atoms with Gasteiger partial charge in [-0.15, -0.1) is 12.4 Å². The molecular weight excluding hydrogens is 298 g/mol. The summed E-state index contributed by atoms with van der Waals surface area (Å²) >= 11 is 0. The van der Waals surface area contributed by atoms with Crippen molar-refractivity contribution < 1.29 is 23.8 Å². The molecule has 21 heavy (non-hydrogen) atoms. The van der Waals surface area contributed by atoms with E-state index in [1.165, 1.54) is 0 Å². The Kier molecular flexibility index (Phi) is 12.0. The molecule has 1 aliphatic rings. The summed E-state index contributed by atoms with van der Waals surface area (Å²) in [7, 11) is 0. The molecule has 0 aromatic carbocycles. The average molecular weight is 322 g/mol. The maximum absolute atomic E-state index is 11.4. The van der Waals surface area contributed by atoms with Crippen molar-refractivity contribution >= 4 is 24.3 Å². The summed E-state index contributed by atoms with van der Waals surface area (Å²) in [5, 5.41) is 0. The first-order chi connectivity index (χ1) is 9.72. The van der Waals surface area contributed by atoms with Gasteiger partial charge in [0.1, 0.15) is 6.61 Å². The van der Waals surface area contributed by atoms with E-state index >= 15 is 0 Å². The smallest absolute Gasteiger partial charge is 0.331 e. The number of ether oxygens (including phenoxy) is 3. The van der Waals surface area contributed by atoms with Gasteiger partial charge in [0.05, 0.1) is 19.8 Å². The van der Waals surface area contributed by atoms with Crippen molar-refractivity contribution in [1.29, 1.82) is 0 Å². The van der Waals surface area contributed by atoms with Crippen molar-refractivity contribution in [2.24, 2.45) is 0 Å². The van der Waals surface area contributed by atoms with Crippen LogP contribution in [0, 0.1) is 0 Å². The first kappa shape index (κ1) is 19.9. The van der Waals surface area contributed by atoms with E-state index in [0.29, 0.717) is 19.8 Å². The van der Waals surface area contributed by atoms with Crippen molar-refractivity contribution in [3.63, 3.8) is 0 Å². The molecule has 0 aromatic heterocycles. The van der Waals surface area contributed by atoms with E-state index in [9.17, 15) is 9.59 Å². The fourth-order valence-electron chi connectivity index (χ4n) is 1.65. The molecule has 1 rings (SSSR count). The molecule has 0 aliphatic carbocycles. The van der Waals surface area contributed by atoms with Crippen molar-refractivity contribution in [2.45, 2.75) is 19.8 Å². The number of nitrogens with zero attached hydrogens (tertiary/aromatic N) is 1. The van der Waals surface area contributed by atoms with Gasteiger partial charge in [0, 0.05) is 31.8 Å². The maximum Gasteiger partial charge on any atom is 0.331 e. The lowest BCUT2D eigenvalue weighted by atomic mass is 10.4. The Morgan fingerprint density at radius 2 is 1.67 bits per heavy atom. The molecule has 0 atom stereocenters. The van der Waals surface area contributed by atoms with Crippen LogP contribution in [0.1, 0.15) is 19.8 Å². The molecule has 0 aromatic rings. The summed E-state index contributed by atoms with van der Waals surface area (Å²) in [4.78, 5) is 24.7. The molecule has 1 saturated heterocycles. The number of hydrogen-bond donors (Lipinski definition) is 0. The lowest BCUT2D eigenvalue weighted by molar-refractivity contribution is -0.140. The third-order valence-corrected chi connectivity index (χ3v) is 2.85.